The molecular formula is C24H21NO9S. The molecule has 0 aliphatic carbocycles. The summed E-state index contributed by atoms with van der Waals surface area (Å²) in [5.41, 5.74) is -0.544. The lowest BCUT2D eigenvalue weighted by molar-refractivity contribution is -0.145. The van der Waals surface area contributed by atoms with Gasteiger partial charge >= 0.3 is 17.6 Å². The van der Waals surface area contributed by atoms with Crippen molar-refractivity contribution in [2.75, 3.05) is 20.1 Å². The van der Waals surface area contributed by atoms with Crippen LogP contribution in [0.5, 0.6) is 5.75 Å². The van der Waals surface area contributed by atoms with Gasteiger partial charge in [0, 0.05) is 0 Å². The van der Waals surface area contributed by atoms with Gasteiger partial charge in [0.2, 0.25) is 5.88 Å². The smallest absolute Gasteiger partial charge is 0.344 e. The van der Waals surface area contributed by atoms with Crippen molar-refractivity contribution in [2.45, 2.75) is 17.7 Å². The minimum absolute atomic E-state index is 0.0441. The number of para-hydroxylation sites is 1. The van der Waals surface area contributed by atoms with E-state index >= 15 is 0 Å². The van der Waals surface area contributed by atoms with E-state index in [1.807, 2.05) is 6.92 Å². The SMILES string of the molecule is COC(=O)C1=C(NCS(=O)(=O)c2ccc(C)cc2)Oc2c(c(=O)oc3ccccc23)C1C(=O)OC. The van der Waals surface area contributed by atoms with E-state index in [0.29, 0.717) is 5.39 Å². The molecule has 1 aromatic heterocycles. The van der Waals surface area contributed by atoms with Gasteiger partial charge in [-0.3, -0.25) is 4.79 Å². The molecule has 3 aromatic rings. The fourth-order valence-electron chi connectivity index (χ4n) is 3.72. The Morgan fingerprint density at radius 3 is 2.37 bits per heavy atom. The lowest BCUT2D eigenvalue weighted by atomic mass is 9.89. The topological polar surface area (TPSA) is 138 Å². The lowest BCUT2D eigenvalue weighted by Crippen LogP contribution is -2.37. The minimum atomic E-state index is -3.88. The predicted molar refractivity (Wildman–Crippen MR) is 123 cm³/mol. The van der Waals surface area contributed by atoms with E-state index in [4.69, 9.17) is 18.6 Å². The maximum Gasteiger partial charge on any atom is 0.344 e. The Kier molecular flexibility index (Phi) is 6.35. The Balaban J connectivity index is 1.87. The molecule has 0 amide bonds. The number of carbonyl (C=O) groups is 2. The van der Waals surface area contributed by atoms with Crippen molar-refractivity contribution in [3.8, 4) is 5.75 Å². The van der Waals surface area contributed by atoms with E-state index < -0.39 is 44.8 Å². The molecule has 2 aromatic carbocycles. The molecule has 0 bridgehead atoms. The lowest BCUT2D eigenvalue weighted by Gasteiger charge is -2.27. The normalized spacial score (nSPS) is 15.2. The van der Waals surface area contributed by atoms with E-state index in [9.17, 15) is 22.8 Å². The third kappa shape index (κ3) is 4.37. The molecule has 0 fully saturated rings. The first-order valence-corrected chi connectivity index (χ1v) is 12.0. The van der Waals surface area contributed by atoms with Crippen molar-refractivity contribution in [1.29, 1.82) is 0 Å². The molecular weight excluding hydrogens is 478 g/mol. The number of aryl methyl sites for hydroxylation is 1. The fourth-order valence-corrected chi connectivity index (χ4v) is 4.76. The molecule has 0 saturated heterocycles. The average molecular weight is 499 g/mol. The van der Waals surface area contributed by atoms with Crippen LogP contribution in [0.15, 0.2) is 74.1 Å². The van der Waals surface area contributed by atoms with Crippen LogP contribution in [0.3, 0.4) is 0 Å². The summed E-state index contributed by atoms with van der Waals surface area (Å²) < 4.78 is 46.7. The Morgan fingerprint density at radius 1 is 1.03 bits per heavy atom. The third-order valence-corrected chi connectivity index (χ3v) is 6.98. The summed E-state index contributed by atoms with van der Waals surface area (Å²) in [5.74, 6) is -4.65. The van der Waals surface area contributed by atoms with Gasteiger partial charge in [0.1, 0.15) is 28.5 Å². The number of ether oxygens (including phenoxy) is 3. The second-order valence-corrected chi connectivity index (χ2v) is 9.66. The van der Waals surface area contributed by atoms with Gasteiger partial charge < -0.3 is 23.9 Å². The number of carbonyl (C=O) groups excluding carboxylic acids is 2. The summed E-state index contributed by atoms with van der Waals surface area (Å²) in [4.78, 5) is 38.4. The van der Waals surface area contributed by atoms with Gasteiger partial charge in [0.15, 0.2) is 15.6 Å². The maximum absolute atomic E-state index is 12.9. The van der Waals surface area contributed by atoms with E-state index in [1.165, 1.54) is 18.2 Å². The molecule has 1 aliphatic rings. The van der Waals surface area contributed by atoms with Crippen LogP contribution in [-0.2, 0) is 28.9 Å². The van der Waals surface area contributed by atoms with E-state index in [-0.39, 0.29) is 27.7 Å². The summed E-state index contributed by atoms with van der Waals surface area (Å²) in [7, 11) is -1.72. The van der Waals surface area contributed by atoms with E-state index in [2.05, 4.69) is 5.32 Å². The van der Waals surface area contributed by atoms with Crippen molar-refractivity contribution < 1.29 is 36.6 Å². The van der Waals surface area contributed by atoms with Gasteiger partial charge in [0.05, 0.1) is 24.5 Å². The van der Waals surface area contributed by atoms with Crippen molar-refractivity contribution >= 4 is 32.7 Å². The first-order valence-electron chi connectivity index (χ1n) is 10.3. The molecule has 182 valence electrons. The van der Waals surface area contributed by atoms with E-state index in [0.717, 1.165) is 19.8 Å². The highest BCUT2D eigenvalue weighted by Crippen LogP contribution is 2.41. The van der Waals surface area contributed by atoms with Gasteiger partial charge in [-0.15, -0.1) is 0 Å². The molecule has 0 saturated carbocycles. The van der Waals surface area contributed by atoms with Crippen molar-refractivity contribution in [3.05, 3.63) is 81.5 Å². The van der Waals surface area contributed by atoms with Gasteiger partial charge in [-0.05, 0) is 31.2 Å². The van der Waals surface area contributed by atoms with Crippen LogP contribution in [0.2, 0.25) is 0 Å². The van der Waals surface area contributed by atoms with Gasteiger partial charge in [-0.1, -0.05) is 29.8 Å². The van der Waals surface area contributed by atoms with E-state index in [1.54, 1.807) is 30.3 Å². The molecule has 1 aliphatic heterocycles. The minimum Gasteiger partial charge on any atom is -0.468 e. The predicted octanol–water partition coefficient (Wildman–Crippen LogP) is 2.16. The number of benzene rings is 2. The summed E-state index contributed by atoms with van der Waals surface area (Å²) in [6, 6.07) is 12.6. The Labute approximate surface area is 200 Å². The van der Waals surface area contributed by atoms with Crippen LogP contribution in [0.25, 0.3) is 11.0 Å². The maximum atomic E-state index is 12.9. The number of nitrogens with one attached hydrogen (secondary N) is 1. The van der Waals surface area contributed by atoms with Gasteiger partial charge in [-0.2, -0.15) is 0 Å². The summed E-state index contributed by atoms with van der Waals surface area (Å²) >= 11 is 0. The molecule has 1 unspecified atom stereocenters. The number of rotatable bonds is 6. The highest BCUT2D eigenvalue weighted by Gasteiger charge is 2.44. The number of hydrogen-bond donors (Lipinski definition) is 1. The summed E-state index contributed by atoms with van der Waals surface area (Å²) in [5, 5.41) is 2.94. The van der Waals surface area contributed by atoms with Crippen LogP contribution in [0, 0.1) is 6.92 Å². The number of hydrogen-bond acceptors (Lipinski definition) is 10. The second-order valence-electron chi connectivity index (χ2n) is 7.67. The van der Waals surface area contributed by atoms with Crippen LogP contribution >= 0.6 is 0 Å². The number of esters is 2. The Bertz CT molecular complexity index is 1520. The highest BCUT2D eigenvalue weighted by atomic mass is 32.2. The molecule has 0 spiro atoms. The summed E-state index contributed by atoms with van der Waals surface area (Å²) in [6.07, 6.45) is 0. The average Bonchev–Trinajstić information content (AvgIpc) is 2.86. The van der Waals surface area contributed by atoms with Crippen LogP contribution in [0.1, 0.15) is 17.0 Å². The standard InChI is InChI=1S/C24H21NO9S/c1-13-8-10-14(11-9-13)35(29,30)12-25-21-19(23(27)32-3)17(22(26)31-2)18-20(34-21)15-6-4-5-7-16(15)33-24(18)28/h4-11,17,25H,12H2,1-3H3. The zero-order valence-corrected chi connectivity index (χ0v) is 19.8. The fraction of sp³-hybridized carbons (Fsp3) is 0.208. The van der Waals surface area contributed by atoms with Crippen molar-refractivity contribution in [2.24, 2.45) is 0 Å². The third-order valence-electron chi connectivity index (χ3n) is 5.47. The van der Waals surface area contributed by atoms with Gasteiger partial charge in [0.25, 0.3) is 0 Å². The monoisotopic (exact) mass is 499 g/mol. The highest BCUT2D eigenvalue weighted by molar-refractivity contribution is 7.91. The summed E-state index contributed by atoms with van der Waals surface area (Å²) in [6.45, 7) is 1.82. The molecule has 10 nitrogen and oxygen atoms in total. The molecule has 0 radical (unpaired) electrons. The zero-order valence-electron chi connectivity index (χ0n) is 19.0. The van der Waals surface area contributed by atoms with Crippen LogP contribution < -0.4 is 15.7 Å². The van der Waals surface area contributed by atoms with Crippen LogP contribution in [-0.4, -0.2) is 40.5 Å². The second kappa shape index (κ2) is 9.26. The van der Waals surface area contributed by atoms with Crippen LogP contribution in [0.4, 0.5) is 0 Å². The molecule has 11 heteroatoms. The van der Waals surface area contributed by atoms with Gasteiger partial charge in [-0.25, -0.2) is 18.0 Å². The first kappa shape index (κ1) is 24.0. The number of sulfone groups is 1. The first-order chi connectivity index (χ1) is 16.7. The zero-order chi connectivity index (χ0) is 25.3. The Hall–Kier alpha value is -4.12. The van der Waals surface area contributed by atoms with Crippen molar-refractivity contribution in [3.63, 3.8) is 0 Å². The number of fused-ring (bicyclic) bond motifs is 3. The number of methoxy groups -OCH3 is 2. The largest absolute Gasteiger partial charge is 0.468 e. The molecule has 35 heavy (non-hydrogen) atoms. The molecule has 1 N–H and O–H groups in total. The molecule has 2 heterocycles. The molecule has 1 atom stereocenters. The molecule has 4 rings (SSSR count). The van der Waals surface area contributed by atoms with Crippen molar-refractivity contribution in [1.82, 2.24) is 5.32 Å². The Morgan fingerprint density at radius 2 is 1.71 bits per heavy atom. The quantitative estimate of drug-likeness (QED) is 0.396.